The number of fused-ring (bicyclic) bond motifs is 1. The number of para-hydroxylation sites is 1. The van der Waals surface area contributed by atoms with Gasteiger partial charge in [0.1, 0.15) is 0 Å². The molecule has 1 N–H and O–H groups in total. The fourth-order valence-electron chi connectivity index (χ4n) is 2.80. The minimum atomic E-state index is 0. The van der Waals surface area contributed by atoms with E-state index >= 15 is 0 Å². The van der Waals surface area contributed by atoms with Gasteiger partial charge in [0.25, 0.3) is 5.91 Å². The van der Waals surface area contributed by atoms with Crippen molar-refractivity contribution in [2.45, 2.75) is 20.4 Å². The summed E-state index contributed by atoms with van der Waals surface area (Å²) < 4.78 is 0. The number of carbonyl (C=O) groups excluding carboxylic acids is 1. The Balaban J connectivity index is 0.00000176. The molecule has 1 heterocycles. The molecule has 0 fully saturated rings. The summed E-state index contributed by atoms with van der Waals surface area (Å²) in [6.07, 6.45) is 0. The Morgan fingerprint density at radius 3 is 2.68 bits per heavy atom. The summed E-state index contributed by atoms with van der Waals surface area (Å²) in [6.45, 7) is 6.38. The van der Waals surface area contributed by atoms with Crippen molar-refractivity contribution in [2.75, 3.05) is 18.0 Å². The van der Waals surface area contributed by atoms with Crippen LogP contribution in [-0.4, -0.2) is 19.0 Å². The summed E-state index contributed by atoms with van der Waals surface area (Å²) in [5.74, 6) is 0.0901. The van der Waals surface area contributed by atoms with Crippen molar-refractivity contribution >= 4 is 24.0 Å². The van der Waals surface area contributed by atoms with E-state index in [1.54, 1.807) is 0 Å². The molecule has 116 valence electrons. The molecule has 0 aliphatic carbocycles. The van der Waals surface area contributed by atoms with Crippen LogP contribution in [0.15, 0.2) is 42.5 Å². The van der Waals surface area contributed by atoms with Crippen molar-refractivity contribution in [3.63, 3.8) is 0 Å². The second kappa shape index (κ2) is 6.95. The molecule has 1 amide bonds. The van der Waals surface area contributed by atoms with Gasteiger partial charge < -0.3 is 10.2 Å². The summed E-state index contributed by atoms with van der Waals surface area (Å²) >= 11 is 0. The topological polar surface area (TPSA) is 32.3 Å². The van der Waals surface area contributed by atoms with Gasteiger partial charge in [-0.1, -0.05) is 30.3 Å². The van der Waals surface area contributed by atoms with Gasteiger partial charge in [-0.15, -0.1) is 12.4 Å². The molecular weight excluding hydrogens is 296 g/mol. The highest BCUT2D eigenvalue weighted by Crippen LogP contribution is 2.25. The Labute approximate surface area is 137 Å². The van der Waals surface area contributed by atoms with Crippen LogP contribution in [0.4, 0.5) is 5.69 Å². The molecule has 0 spiro atoms. The third-order valence-electron chi connectivity index (χ3n) is 4.19. The fourth-order valence-corrected chi connectivity index (χ4v) is 2.80. The van der Waals surface area contributed by atoms with Crippen LogP contribution in [0.3, 0.4) is 0 Å². The molecule has 22 heavy (non-hydrogen) atoms. The molecule has 1 aliphatic heterocycles. The summed E-state index contributed by atoms with van der Waals surface area (Å²) in [5, 5.41) is 3.37. The molecule has 2 aromatic carbocycles. The third kappa shape index (κ3) is 3.01. The highest BCUT2D eigenvalue weighted by Gasteiger charge is 2.23. The second-order valence-corrected chi connectivity index (χ2v) is 5.51. The van der Waals surface area contributed by atoms with Crippen LogP contribution >= 0.6 is 12.4 Å². The lowest BCUT2D eigenvalue weighted by atomic mass is 10.0. The average molecular weight is 317 g/mol. The third-order valence-corrected chi connectivity index (χ3v) is 4.19. The zero-order valence-corrected chi connectivity index (χ0v) is 13.7. The number of anilines is 1. The molecule has 0 saturated carbocycles. The molecule has 0 radical (unpaired) electrons. The number of halogens is 1. The largest absolute Gasteiger partial charge is 0.311 e. The number of amides is 1. The molecule has 3 rings (SSSR count). The van der Waals surface area contributed by atoms with Gasteiger partial charge in [-0.25, -0.2) is 0 Å². The second-order valence-electron chi connectivity index (χ2n) is 5.51. The molecule has 3 nitrogen and oxygen atoms in total. The minimum absolute atomic E-state index is 0. The van der Waals surface area contributed by atoms with E-state index in [2.05, 4.69) is 11.4 Å². The molecule has 0 unspecified atom stereocenters. The Bertz CT molecular complexity index is 685. The predicted molar refractivity (Wildman–Crippen MR) is 93.0 cm³/mol. The first-order valence-corrected chi connectivity index (χ1v) is 7.35. The minimum Gasteiger partial charge on any atom is -0.311 e. The van der Waals surface area contributed by atoms with Crippen LogP contribution in [0.1, 0.15) is 27.0 Å². The van der Waals surface area contributed by atoms with Crippen molar-refractivity contribution < 1.29 is 4.79 Å². The highest BCUT2D eigenvalue weighted by molar-refractivity contribution is 6.07. The van der Waals surface area contributed by atoms with Crippen LogP contribution < -0.4 is 10.2 Å². The van der Waals surface area contributed by atoms with Crippen LogP contribution in [0, 0.1) is 13.8 Å². The quantitative estimate of drug-likeness (QED) is 0.873. The molecule has 0 aromatic heterocycles. The van der Waals surface area contributed by atoms with E-state index in [1.165, 1.54) is 5.56 Å². The first kappa shape index (κ1) is 16.5. The van der Waals surface area contributed by atoms with Gasteiger partial charge in [0.05, 0.1) is 0 Å². The highest BCUT2D eigenvalue weighted by atomic mass is 35.5. The summed E-state index contributed by atoms with van der Waals surface area (Å²) in [7, 11) is 0. The van der Waals surface area contributed by atoms with Gasteiger partial charge in [-0.05, 0) is 42.7 Å². The molecule has 2 aromatic rings. The number of aryl methyl sites for hydroxylation is 1. The van der Waals surface area contributed by atoms with E-state index in [1.807, 2.05) is 55.1 Å². The lowest BCUT2D eigenvalue weighted by Gasteiger charge is -2.23. The zero-order chi connectivity index (χ0) is 14.8. The van der Waals surface area contributed by atoms with E-state index in [0.717, 1.165) is 35.5 Å². The lowest BCUT2D eigenvalue weighted by Crippen LogP contribution is -2.35. The van der Waals surface area contributed by atoms with Crippen molar-refractivity contribution in [1.29, 1.82) is 0 Å². The number of hydrogen-bond acceptors (Lipinski definition) is 2. The predicted octanol–water partition coefficient (Wildman–Crippen LogP) is 3.48. The SMILES string of the molecule is Cc1cccc(C(=O)N2CCNCc3ccccc32)c1C.Cl. The maximum absolute atomic E-state index is 13.0. The zero-order valence-electron chi connectivity index (χ0n) is 12.9. The van der Waals surface area contributed by atoms with Crippen LogP contribution in [0.25, 0.3) is 0 Å². The van der Waals surface area contributed by atoms with Gasteiger partial charge in [-0.2, -0.15) is 0 Å². The number of benzene rings is 2. The fraction of sp³-hybridized carbons (Fsp3) is 0.278. The molecule has 0 bridgehead atoms. The molecule has 0 atom stereocenters. The standard InChI is InChI=1S/C18H20N2O.ClH/c1-13-6-5-8-16(14(13)2)18(21)20-11-10-19-12-15-7-3-4-9-17(15)20;/h3-9,19H,10-12H2,1-2H3;1H. The molecular formula is C18H21ClN2O. The van der Waals surface area contributed by atoms with E-state index in [9.17, 15) is 4.79 Å². The summed E-state index contributed by atoms with van der Waals surface area (Å²) in [6, 6.07) is 14.1. The Kier molecular flexibility index (Phi) is 5.22. The van der Waals surface area contributed by atoms with Crippen LogP contribution in [0.5, 0.6) is 0 Å². The first-order valence-electron chi connectivity index (χ1n) is 7.35. The summed E-state index contributed by atoms with van der Waals surface area (Å²) in [5.41, 5.74) is 5.22. The van der Waals surface area contributed by atoms with E-state index in [-0.39, 0.29) is 18.3 Å². The number of carbonyl (C=O) groups is 1. The van der Waals surface area contributed by atoms with Crippen molar-refractivity contribution in [2.24, 2.45) is 0 Å². The number of nitrogens with one attached hydrogen (secondary N) is 1. The summed E-state index contributed by atoms with van der Waals surface area (Å²) in [4.78, 5) is 14.9. The molecule has 0 saturated heterocycles. The van der Waals surface area contributed by atoms with E-state index in [0.29, 0.717) is 6.54 Å². The lowest BCUT2D eigenvalue weighted by molar-refractivity contribution is 0.0987. The van der Waals surface area contributed by atoms with Gasteiger partial charge in [0.2, 0.25) is 0 Å². The first-order chi connectivity index (χ1) is 10.2. The Morgan fingerprint density at radius 1 is 1.09 bits per heavy atom. The van der Waals surface area contributed by atoms with E-state index < -0.39 is 0 Å². The average Bonchev–Trinajstić information content (AvgIpc) is 2.72. The maximum Gasteiger partial charge on any atom is 0.258 e. The normalized spacial score (nSPS) is 13.8. The van der Waals surface area contributed by atoms with Crippen molar-refractivity contribution in [3.8, 4) is 0 Å². The molecule has 4 heteroatoms. The number of rotatable bonds is 1. The van der Waals surface area contributed by atoms with Crippen molar-refractivity contribution in [1.82, 2.24) is 5.32 Å². The van der Waals surface area contributed by atoms with Gasteiger partial charge in [-0.3, -0.25) is 4.79 Å². The number of nitrogens with zero attached hydrogens (tertiary/aromatic N) is 1. The van der Waals surface area contributed by atoms with Gasteiger partial charge >= 0.3 is 0 Å². The molecule has 1 aliphatic rings. The maximum atomic E-state index is 13.0. The monoisotopic (exact) mass is 316 g/mol. The van der Waals surface area contributed by atoms with Crippen molar-refractivity contribution in [3.05, 3.63) is 64.7 Å². The Morgan fingerprint density at radius 2 is 1.86 bits per heavy atom. The Hall–Kier alpha value is -1.84. The van der Waals surface area contributed by atoms with E-state index in [4.69, 9.17) is 0 Å². The van der Waals surface area contributed by atoms with Crippen LogP contribution in [0.2, 0.25) is 0 Å². The van der Waals surface area contributed by atoms with Crippen LogP contribution in [-0.2, 0) is 6.54 Å². The number of hydrogen-bond donors (Lipinski definition) is 1. The van der Waals surface area contributed by atoms with Gasteiger partial charge in [0.15, 0.2) is 0 Å². The van der Waals surface area contributed by atoms with Gasteiger partial charge in [0, 0.05) is 30.9 Å². The smallest absolute Gasteiger partial charge is 0.258 e.